The lowest BCUT2D eigenvalue weighted by atomic mass is 9.95. The molecule has 0 bridgehead atoms. The summed E-state index contributed by atoms with van der Waals surface area (Å²) in [6.45, 7) is 0.972. The summed E-state index contributed by atoms with van der Waals surface area (Å²) in [5.41, 5.74) is 2.86. The van der Waals surface area contributed by atoms with Gasteiger partial charge < -0.3 is 25.0 Å². The molecule has 0 spiro atoms. The molecule has 3 N–H and O–H groups in total. The van der Waals surface area contributed by atoms with Crippen LogP contribution in [0, 0.1) is 0 Å². The minimum Gasteiger partial charge on any atom is -0.494 e. The number of carboxylic acids is 1. The predicted octanol–water partition coefficient (Wildman–Crippen LogP) is 3.59. The second-order valence-corrected chi connectivity index (χ2v) is 11.2. The number of rotatable bonds is 6. The number of ether oxygens (including phenoxy) is 1. The van der Waals surface area contributed by atoms with Crippen LogP contribution >= 0.6 is 11.8 Å². The molecule has 0 atom stereocenters. The molecule has 1 aliphatic carbocycles. The molecule has 4 aromatic rings. The van der Waals surface area contributed by atoms with Gasteiger partial charge in [0, 0.05) is 35.5 Å². The molecule has 212 valence electrons. The van der Waals surface area contributed by atoms with E-state index in [0.29, 0.717) is 42.5 Å². The number of aromatic nitrogens is 6. The lowest BCUT2D eigenvalue weighted by Crippen LogP contribution is -2.41. The van der Waals surface area contributed by atoms with E-state index in [9.17, 15) is 19.8 Å². The first kappa shape index (κ1) is 26.6. The van der Waals surface area contributed by atoms with Gasteiger partial charge in [0.15, 0.2) is 0 Å². The first-order valence-corrected chi connectivity index (χ1v) is 14.1. The average Bonchev–Trinajstić information content (AvgIpc) is 3.56. The Labute approximate surface area is 238 Å². The normalized spacial score (nSPS) is 15.5. The zero-order valence-electron chi connectivity index (χ0n) is 21.9. The number of carbonyl (C=O) groups excluding carboxylic acids is 1. The van der Waals surface area contributed by atoms with Crippen molar-refractivity contribution >= 4 is 23.8 Å². The Morgan fingerprint density at radius 2 is 1.59 bits per heavy atom. The van der Waals surface area contributed by atoms with Crippen LogP contribution in [0.5, 0.6) is 17.6 Å². The highest BCUT2D eigenvalue weighted by Gasteiger charge is 2.28. The number of likely N-dealkylation sites (tertiary alicyclic amines) is 1. The molecule has 1 amide bonds. The molecule has 2 aliphatic rings. The second kappa shape index (κ2) is 11.1. The number of hydrogen-bond donors (Lipinski definition) is 3. The van der Waals surface area contributed by atoms with E-state index in [2.05, 4.69) is 20.5 Å². The highest BCUT2D eigenvalue weighted by atomic mass is 32.2. The molecule has 14 heteroatoms. The lowest BCUT2D eigenvalue weighted by Gasteiger charge is -2.30. The molecule has 1 saturated heterocycles. The second-order valence-electron chi connectivity index (χ2n) is 9.90. The van der Waals surface area contributed by atoms with Crippen molar-refractivity contribution in [1.29, 1.82) is 0 Å². The van der Waals surface area contributed by atoms with Gasteiger partial charge in [0.2, 0.25) is 22.8 Å². The van der Waals surface area contributed by atoms with Crippen LogP contribution in [-0.4, -0.2) is 80.4 Å². The van der Waals surface area contributed by atoms with Crippen LogP contribution in [0.3, 0.4) is 0 Å². The number of carbonyl (C=O) groups is 2. The molecular weight excluding hydrogens is 550 g/mol. The fourth-order valence-electron chi connectivity index (χ4n) is 5.20. The molecule has 13 nitrogen and oxygen atoms in total. The minimum absolute atomic E-state index is 0.0228. The number of aromatic hydroxyl groups is 2. The van der Waals surface area contributed by atoms with Crippen LogP contribution in [0.25, 0.3) is 11.4 Å². The van der Waals surface area contributed by atoms with Gasteiger partial charge in [-0.05, 0) is 79.3 Å². The molecule has 0 saturated carbocycles. The van der Waals surface area contributed by atoms with Crippen LogP contribution in [0.4, 0.5) is 4.79 Å². The SMILES string of the molecule is O=C(O)c1ccc(-n2nnnc2SC2CCN(C(=O)Oc3ccc(-n4c(O)c5c(c4O)CCCC5)cn3)CC2)cc1. The Kier molecular flexibility index (Phi) is 7.22. The summed E-state index contributed by atoms with van der Waals surface area (Å²) < 4.78 is 8.43. The number of thioether (sulfide) groups is 1. The summed E-state index contributed by atoms with van der Waals surface area (Å²) in [6.07, 6.45) is 5.74. The van der Waals surface area contributed by atoms with E-state index >= 15 is 0 Å². The molecule has 1 aromatic carbocycles. The average molecular weight is 578 g/mol. The number of hydrogen-bond acceptors (Lipinski definition) is 10. The van der Waals surface area contributed by atoms with Crippen molar-refractivity contribution in [3.05, 3.63) is 59.3 Å². The highest BCUT2D eigenvalue weighted by molar-refractivity contribution is 7.99. The Morgan fingerprint density at radius 3 is 2.20 bits per heavy atom. The van der Waals surface area contributed by atoms with Crippen molar-refractivity contribution < 1.29 is 29.6 Å². The Morgan fingerprint density at radius 1 is 0.927 bits per heavy atom. The smallest absolute Gasteiger partial charge is 0.416 e. The van der Waals surface area contributed by atoms with Crippen LogP contribution in [0.15, 0.2) is 47.8 Å². The predicted molar refractivity (Wildman–Crippen MR) is 146 cm³/mol. The zero-order chi connectivity index (χ0) is 28.5. The van der Waals surface area contributed by atoms with E-state index < -0.39 is 12.1 Å². The lowest BCUT2D eigenvalue weighted by molar-refractivity contribution is 0.0696. The number of carboxylic acid groups (broad SMARTS) is 1. The first-order valence-electron chi connectivity index (χ1n) is 13.3. The standard InChI is InChI=1S/C27H27N7O6S/c35-23-20-3-1-2-4-21(20)24(36)33(23)18-9-10-22(28-15-18)40-27(39)32-13-11-19(12-14-32)41-26-29-30-31-34(26)17-7-5-16(6-8-17)25(37)38/h5-10,15,19,35-36H,1-4,11-14H2,(H,37,38). The summed E-state index contributed by atoms with van der Waals surface area (Å²) in [5.74, 6) is -0.833. The monoisotopic (exact) mass is 577 g/mol. The van der Waals surface area contributed by atoms with Gasteiger partial charge in [0.05, 0.1) is 23.1 Å². The zero-order valence-corrected chi connectivity index (χ0v) is 22.7. The minimum atomic E-state index is -1.00. The van der Waals surface area contributed by atoms with Crippen molar-refractivity contribution in [2.75, 3.05) is 13.1 Å². The van der Waals surface area contributed by atoms with Gasteiger partial charge >= 0.3 is 12.1 Å². The van der Waals surface area contributed by atoms with Crippen LogP contribution in [0.1, 0.15) is 47.2 Å². The molecule has 4 heterocycles. The van der Waals surface area contributed by atoms with Gasteiger partial charge in [0.25, 0.3) is 0 Å². The number of fused-ring (bicyclic) bond motifs is 1. The van der Waals surface area contributed by atoms with E-state index in [1.165, 1.54) is 40.7 Å². The molecule has 6 rings (SSSR count). The van der Waals surface area contributed by atoms with Crippen molar-refractivity contribution in [3.8, 4) is 29.0 Å². The Bertz CT molecular complexity index is 1550. The summed E-state index contributed by atoms with van der Waals surface area (Å²) in [6, 6.07) is 9.49. The maximum atomic E-state index is 12.8. The van der Waals surface area contributed by atoms with E-state index in [0.717, 1.165) is 36.8 Å². The van der Waals surface area contributed by atoms with Crippen LogP contribution in [0.2, 0.25) is 0 Å². The fourth-order valence-corrected chi connectivity index (χ4v) is 6.27. The maximum Gasteiger partial charge on any atom is 0.416 e. The summed E-state index contributed by atoms with van der Waals surface area (Å²) >= 11 is 1.51. The van der Waals surface area contributed by atoms with E-state index in [-0.39, 0.29) is 28.5 Å². The van der Waals surface area contributed by atoms with Crippen LogP contribution < -0.4 is 4.74 Å². The van der Waals surface area contributed by atoms with Gasteiger partial charge in [0.1, 0.15) is 0 Å². The molecule has 1 fully saturated rings. The van der Waals surface area contributed by atoms with E-state index in [1.807, 2.05) is 0 Å². The number of aromatic carboxylic acids is 1. The molecule has 0 radical (unpaired) electrons. The molecule has 41 heavy (non-hydrogen) atoms. The fraction of sp³-hybridized carbons (Fsp3) is 0.333. The first-order chi connectivity index (χ1) is 19.9. The van der Waals surface area contributed by atoms with Gasteiger partial charge in [-0.15, -0.1) is 5.10 Å². The third kappa shape index (κ3) is 5.29. The number of pyridine rings is 1. The maximum absolute atomic E-state index is 12.8. The van der Waals surface area contributed by atoms with Crippen molar-refractivity contribution in [2.45, 2.75) is 48.9 Å². The van der Waals surface area contributed by atoms with Gasteiger partial charge in [-0.2, -0.15) is 4.68 Å². The number of tetrazole rings is 1. The van der Waals surface area contributed by atoms with Crippen molar-refractivity contribution in [3.63, 3.8) is 0 Å². The molecule has 1 aliphatic heterocycles. The van der Waals surface area contributed by atoms with E-state index in [1.54, 1.807) is 27.8 Å². The number of piperidine rings is 1. The summed E-state index contributed by atoms with van der Waals surface area (Å²) in [4.78, 5) is 29.8. The Balaban J connectivity index is 1.04. The molecule has 3 aromatic heterocycles. The van der Waals surface area contributed by atoms with E-state index in [4.69, 9.17) is 9.84 Å². The topological polar surface area (TPSA) is 169 Å². The summed E-state index contributed by atoms with van der Waals surface area (Å²) in [7, 11) is 0. The largest absolute Gasteiger partial charge is 0.494 e. The molecular formula is C27H27N7O6S. The molecule has 0 unspecified atom stereocenters. The van der Waals surface area contributed by atoms with Crippen molar-refractivity contribution in [1.82, 2.24) is 34.7 Å². The van der Waals surface area contributed by atoms with Gasteiger partial charge in [-0.25, -0.2) is 19.1 Å². The van der Waals surface area contributed by atoms with Crippen molar-refractivity contribution in [2.24, 2.45) is 0 Å². The quantitative estimate of drug-likeness (QED) is 0.306. The number of benzene rings is 1. The van der Waals surface area contributed by atoms with Gasteiger partial charge in [-0.3, -0.25) is 0 Å². The third-order valence-corrected chi connectivity index (χ3v) is 8.64. The Hall–Kier alpha value is -4.59. The number of amides is 1. The van der Waals surface area contributed by atoms with Crippen LogP contribution in [-0.2, 0) is 12.8 Å². The highest BCUT2D eigenvalue weighted by Crippen LogP contribution is 2.40. The summed E-state index contributed by atoms with van der Waals surface area (Å²) in [5, 5.41) is 43.1. The number of nitrogens with zero attached hydrogens (tertiary/aromatic N) is 7. The third-order valence-electron chi connectivity index (χ3n) is 7.37. The van der Waals surface area contributed by atoms with Gasteiger partial charge in [-0.1, -0.05) is 11.8 Å².